The van der Waals surface area contributed by atoms with Crippen molar-refractivity contribution in [2.45, 2.75) is 43.9 Å². The van der Waals surface area contributed by atoms with E-state index in [1.807, 2.05) is 66.7 Å². The lowest BCUT2D eigenvalue weighted by molar-refractivity contribution is -0.0516. The number of ether oxygens (including phenoxy) is 2. The summed E-state index contributed by atoms with van der Waals surface area (Å²) in [5, 5.41) is 14.1. The zero-order chi connectivity index (χ0) is 18.2. The summed E-state index contributed by atoms with van der Waals surface area (Å²) in [6.07, 6.45) is 1.63. The number of rotatable bonds is 9. The van der Waals surface area contributed by atoms with Crippen molar-refractivity contribution >= 4 is 0 Å². The van der Waals surface area contributed by atoms with Gasteiger partial charge in [0.15, 0.2) is 0 Å². The highest BCUT2D eigenvalue weighted by molar-refractivity contribution is 5.14. The molecule has 0 aromatic heterocycles. The van der Waals surface area contributed by atoms with E-state index in [9.17, 15) is 5.11 Å². The average molecular weight is 353 g/mol. The maximum atomic E-state index is 10.7. The van der Waals surface area contributed by atoms with Crippen LogP contribution in [0.25, 0.3) is 0 Å². The second-order valence-electron chi connectivity index (χ2n) is 6.66. The van der Waals surface area contributed by atoms with Crippen molar-refractivity contribution in [1.82, 2.24) is 5.32 Å². The van der Waals surface area contributed by atoms with Gasteiger partial charge in [-0.05, 0) is 17.5 Å². The van der Waals surface area contributed by atoms with Crippen molar-refractivity contribution in [2.24, 2.45) is 0 Å². The van der Waals surface area contributed by atoms with Gasteiger partial charge >= 0.3 is 0 Å². The fourth-order valence-corrected chi connectivity index (χ4v) is 3.32. The molecule has 1 saturated heterocycles. The van der Waals surface area contributed by atoms with Gasteiger partial charge < -0.3 is 19.9 Å². The van der Waals surface area contributed by atoms with Gasteiger partial charge in [0.05, 0.1) is 32.0 Å². The van der Waals surface area contributed by atoms with Crippen LogP contribution in [0.15, 0.2) is 73.3 Å². The van der Waals surface area contributed by atoms with Gasteiger partial charge in [0.25, 0.3) is 0 Å². The van der Waals surface area contributed by atoms with E-state index in [0.29, 0.717) is 26.2 Å². The zero-order valence-electron chi connectivity index (χ0n) is 15.0. The lowest BCUT2D eigenvalue weighted by atomic mass is 10.1. The quantitative estimate of drug-likeness (QED) is 0.680. The molecular formula is C22H27NO3. The summed E-state index contributed by atoms with van der Waals surface area (Å²) in [5.74, 6) is 0. The van der Waals surface area contributed by atoms with E-state index in [4.69, 9.17) is 9.47 Å². The number of hydrogen-bond acceptors (Lipinski definition) is 4. The lowest BCUT2D eigenvalue weighted by Crippen LogP contribution is -2.39. The summed E-state index contributed by atoms with van der Waals surface area (Å²) in [6, 6.07) is 20.0. The van der Waals surface area contributed by atoms with Crippen molar-refractivity contribution in [1.29, 1.82) is 0 Å². The molecule has 0 unspecified atom stereocenters. The molecular weight excluding hydrogens is 326 g/mol. The highest BCUT2D eigenvalue weighted by Gasteiger charge is 2.42. The van der Waals surface area contributed by atoms with Crippen LogP contribution in [0.2, 0.25) is 0 Å². The van der Waals surface area contributed by atoms with E-state index in [1.165, 1.54) is 0 Å². The molecule has 2 aromatic rings. The number of hydrogen-bond donors (Lipinski definition) is 2. The summed E-state index contributed by atoms with van der Waals surface area (Å²) < 4.78 is 11.9. The molecule has 0 aliphatic carbocycles. The highest BCUT2D eigenvalue weighted by atomic mass is 16.5. The maximum absolute atomic E-state index is 10.7. The Kier molecular flexibility index (Phi) is 6.97. The molecule has 0 amide bonds. The molecule has 26 heavy (non-hydrogen) atoms. The molecule has 1 heterocycles. The Balaban J connectivity index is 1.57. The number of aliphatic hydroxyl groups is 1. The number of benzene rings is 2. The molecule has 2 N–H and O–H groups in total. The zero-order valence-corrected chi connectivity index (χ0v) is 15.0. The third kappa shape index (κ3) is 5.02. The van der Waals surface area contributed by atoms with Gasteiger partial charge in [-0.25, -0.2) is 0 Å². The first-order chi connectivity index (χ1) is 12.8. The topological polar surface area (TPSA) is 50.7 Å². The van der Waals surface area contributed by atoms with Crippen molar-refractivity contribution in [2.75, 3.05) is 6.61 Å². The van der Waals surface area contributed by atoms with Crippen LogP contribution >= 0.6 is 0 Å². The van der Waals surface area contributed by atoms with Gasteiger partial charge in [-0.1, -0.05) is 66.7 Å². The van der Waals surface area contributed by atoms with Crippen LogP contribution in [0.3, 0.4) is 0 Å². The van der Waals surface area contributed by atoms with Gasteiger partial charge in [0.1, 0.15) is 6.10 Å². The number of aliphatic hydroxyl groups excluding tert-OH is 1. The average Bonchev–Trinajstić information content (AvgIpc) is 2.97. The first kappa shape index (κ1) is 18.8. The van der Waals surface area contributed by atoms with E-state index >= 15 is 0 Å². The largest absolute Gasteiger partial charge is 0.389 e. The third-order valence-electron chi connectivity index (χ3n) is 4.69. The van der Waals surface area contributed by atoms with Crippen LogP contribution in [-0.2, 0) is 22.7 Å². The predicted molar refractivity (Wildman–Crippen MR) is 103 cm³/mol. The van der Waals surface area contributed by atoms with Crippen LogP contribution in [-0.4, -0.2) is 36.0 Å². The summed E-state index contributed by atoms with van der Waals surface area (Å²) in [7, 11) is 0. The standard InChI is InChI=1S/C22H27NO3/c1-2-9-19-21(24)22(26-15-18-12-7-4-8-13-18)20(23-19)16-25-14-17-10-5-3-6-11-17/h2-8,10-13,19-24H,1,9,14-16H2/t19-,20+,21+,22+/m0/s1. The smallest absolute Gasteiger partial charge is 0.103 e. The Morgan fingerprint density at radius 3 is 2.15 bits per heavy atom. The van der Waals surface area contributed by atoms with E-state index in [2.05, 4.69) is 11.9 Å². The Morgan fingerprint density at radius 1 is 0.923 bits per heavy atom. The maximum Gasteiger partial charge on any atom is 0.103 e. The molecule has 2 aromatic carbocycles. The molecule has 1 aliphatic rings. The van der Waals surface area contributed by atoms with Gasteiger partial charge in [0.2, 0.25) is 0 Å². The van der Waals surface area contributed by atoms with Crippen LogP contribution in [0.5, 0.6) is 0 Å². The molecule has 0 spiro atoms. The normalized spacial score (nSPS) is 25.3. The van der Waals surface area contributed by atoms with Crippen molar-refractivity contribution in [3.8, 4) is 0 Å². The lowest BCUT2D eigenvalue weighted by Gasteiger charge is -2.22. The van der Waals surface area contributed by atoms with E-state index in [1.54, 1.807) is 0 Å². The molecule has 0 bridgehead atoms. The summed E-state index contributed by atoms with van der Waals surface area (Å²) in [4.78, 5) is 0. The predicted octanol–water partition coefficient (Wildman–Crippen LogP) is 3.07. The fraction of sp³-hybridized carbons (Fsp3) is 0.364. The van der Waals surface area contributed by atoms with Crippen LogP contribution in [0.1, 0.15) is 17.5 Å². The van der Waals surface area contributed by atoms with Crippen LogP contribution < -0.4 is 5.32 Å². The molecule has 4 heteroatoms. The van der Waals surface area contributed by atoms with Crippen molar-refractivity contribution < 1.29 is 14.6 Å². The van der Waals surface area contributed by atoms with Crippen LogP contribution in [0, 0.1) is 0 Å². The summed E-state index contributed by atoms with van der Waals surface area (Å²) in [5.41, 5.74) is 2.23. The minimum absolute atomic E-state index is 0.0534. The highest BCUT2D eigenvalue weighted by Crippen LogP contribution is 2.22. The third-order valence-corrected chi connectivity index (χ3v) is 4.69. The van der Waals surface area contributed by atoms with E-state index in [0.717, 1.165) is 11.1 Å². The molecule has 1 fully saturated rings. The molecule has 0 saturated carbocycles. The molecule has 0 radical (unpaired) electrons. The molecule has 4 atom stereocenters. The van der Waals surface area contributed by atoms with Gasteiger partial charge in [0, 0.05) is 6.04 Å². The molecule has 3 rings (SSSR count). The Hall–Kier alpha value is -1.98. The van der Waals surface area contributed by atoms with Crippen molar-refractivity contribution in [3.05, 3.63) is 84.4 Å². The second-order valence-corrected chi connectivity index (χ2v) is 6.66. The molecule has 138 valence electrons. The summed E-state index contributed by atoms with van der Waals surface area (Å²) in [6.45, 7) is 5.29. The van der Waals surface area contributed by atoms with E-state index < -0.39 is 6.10 Å². The van der Waals surface area contributed by atoms with Gasteiger partial charge in [-0.2, -0.15) is 0 Å². The molecule has 1 aliphatic heterocycles. The first-order valence-corrected chi connectivity index (χ1v) is 9.10. The summed E-state index contributed by atoms with van der Waals surface area (Å²) >= 11 is 0. The number of nitrogens with one attached hydrogen (secondary N) is 1. The minimum atomic E-state index is -0.581. The SMILES string of the molecule is C=CC[C@@H]1N[C@H](COCc2ccccc2)[C@@H](OCc2ccccc2)[C@@H]1O. The second kappa shape index (κ2) is 9.64. The Bertz CT molecular complexity index is 662. The molecule has 4 nitrogen and oxygen atoms in total. The van der Waals surface area contributed by atoms with Gasteiger partial charge in [-0.3, -0.25) is 0 Å². The minimum Gasteiger partial charge on any atom is -0.389 e. The fourth-order valence-electron chi connectivity index (χ4n) is 3.32. The van der Waals surface area contributed by atoms with E-state index in [-0.39, 0.29) is 18.2 Å². The Morgan fingerprint density at radius 2 is 1.54 bits per heavy atom. The van der Waals surface area contributed by atoms with Gasteiger partial charge in [-0.15, -0.1) is 6.58 Å². The van der Waals surface area contributed by atoms with Crippen molar-refractivity contribution in [3.63, 3.8) is 0 Å². The Labute approximate surface area is 155 Å². The monoisotopic (exact) mass is 353 g/mol. The van der Waals surface area contributed by atoms with Crippen LogP contribution in [0.4, 0.5) is 0 Å². The first-order valence-electron chi connectivity index (χ1n) is 9.10.